The Labute approximate surface area is 123 Å². The standard InChI is InChI=1S/C17H18FNO2/c1-2-21-16-5-3-4-13(17(16)20)11-19-9-8-12-6-7-14(18)10-15(12)19/h3-7,10,20H,2,8-9,11H2,1H3. The third-order valence-electron chi connectivity index (χ3n) is 3.78. The minimum Gasteiger partial charge on any atom is -0.504 e. The van der Waals surface area contributed by atoms with Crippen molar-refractivity contribution in [2.24, 2.45) is 0 Å². The van der Waals surface area contributed by atoms with Gasteiger partial charge in [0, 0.05) is 24.3 Å². The second-order valence-corrected chi connectivity index (χ2v) is 5.14. The molecular weight excluding hydrogens is 269 g/mol. The normalized spacial score (nSPS) is 13.3. The first-order chi connectivity index (χ1) is 10.2. The fourth-order valence-electron chi connectivity index (χ4n) is 2.76. The van der Waals surface area contributed by atoms with E-state index in [1.54, 1.807) is 12.1 Å². The molecular formula is C17H18FNO2. The largest absolute Gasteiger partial charge is 0.504 e. The second kappa shape index (κ2) is 5.64. The summed E-state index contributed by atoms with van der Waals surface area (Å²) >= 11 is 0. The van der Waals surface area contributed by atoms with Crippen molar-refractivity contribution in [3.63, 3.8) is 0 Å². The number of nitrogens with zero attached hydrogens (tertiary/aromatic N) is 1. The Hall–Kier alpha value is -2.23. The van der Waals surface area contributed by atoms with E-state index in [1.165, 1.54) is 6.07 Å². The fraction of sp³-hybridized carbons (Fsp3) is 0.294. The molecule has 0 aromatic heterocycles. The van der Waals surface area contributed by atoms with Crippen molar-refractivity contribution < 1.29 is 14.2 Å². The van der Waals surface area contributed by atoms with E-state index in [-0.39, 0.29) is 11.6 Å². The first kappa shape index (κ1) is 13.7. The van der Waals surface area contributed by atoms with E-state index in [1.807, 2.05) is 25.1 Å². The number of rotatable bonds is 4. The lowest BCUT2D eigenvalue weighted by atomic mass is 10.1. The molecule has 0 bridgehead atoms. The molecule has 110 valence electrons. The molecule has 1 N–H and O–H groups in total. The Morgan fingerprint density at radius 2 is 2.14 bits per heavy atom. The highest BCUT2D eigenvalue weighted by Crippen LogP contribution is 2.34. The summed E-state index contributed by atoms with van der Waals surface area (Å²) in [5, 5.41) is 10.3. The summed E-state index contributed by atoms with van der Waals surface area (Å²) in [5.41, 5.74) is 2.85. The number of phenols is 1. The van der Waals surface area contributed by atoms with E-state index >= 15 is 0 Å². The third kappa shape index (κ3) is 2.66. The summed E-state index contributed by atoms with van der Waals surface area (Å²) in [4.78, 5) is 2.09. The zero-order valence-electron chi connectivity index (χ0n) is 12.0. The number of hydrogen-bond acceptors (Lipinski definition) is 3. The maximum absolute atomic E-state index is 13.4. The van der Waals surface area contributed by atoms with Gasteiger partial charge in [0.15, 0.2) is 11.5 Å². The van der Waals surface area contributed by atoms with Crippen molar-refractivity contribution in [3.05, 3.63) is 53.3 Å². The van der Waals surface area contributed by atoms with Crippen LogP contribution in [0.25, 0.3) is 0 Å². The Bertz CT molecular complexity index is 657. The topological polar surface area (TPSA) is 32.7 Å². The predicted molar refractivity (Wildman–Crippen MR) is 80.4 cm³/mol. The number of ether oxygens (including phenoxy) is 1. The molecule has 1 aliphatic heterocycles. The molecule has 3 rings (SSSR count). The van der Waals surface area contributed by atoms with Crippen LogP contribution in [0.2, 0.25) is 0 Å². The minimum absolute atomic E-state index is 0.171. The zero-order chi connectivity index (χ0) is 14.8. The van der Waals surface area contributed by atoms with Gasteiger partial charge in [0.25, 0.3) is 0 Å². The Morgan fingerprint density at radius 1 is 1.29 bits per heavy atom. The smallest absolute Gasteiger partial charge is 0.162 e. The van der Waals surface area contributed by atoms with Crippen molar-refractivity contribution in [1.29, 1.82) is 0 Å². The van der Waals surface area contributed by atoms with E-state index in [9.17, 15) is 9.50 Å². The van der Waals surface area contributed by atoms with Gasteiger partial charge in [-0.2, -0.15) is 0 Å². The Kier molecular flexibility index (Phi) is 3.69. The lowest BCUT2D eigenvalue weighted by Crippen LogP contribution is -2.19. The lowest BCUT2D eigenvalue weighted by molar-refractivity contribution is 0.316. The number of hydrogen-bond donors (Lipinski definition) is 1. The van der Waals surface area contributed by atoms with Crippen LogP contribution in [0.4, 0.5) is 10.1 Å². The monoisotopic (exact) mass is 287 g/mol. The van der Waals surface area contributed by atoms with Crippen LogP contribution in [-0.2, 0) is 13.0 Å². The molecule has 0 atom stereocenters. The summed E-state index contributed by atoms with van der Waals surface area (Å²) in [7, 11) is 0. The van der Waals surface area contributed by atoms with Gasteiger partial charge in [0.05, 0.1) is 6.61 Å². The first-order valence-electron chi connectivity index (χ1n) is 7.16. The number of halogens is 1. The van der Waals surface area contributed by atoms with E-state index in [2.05, 4.69) is 4.90 Å². The summed E-state index contributed by atoms with van der Waals surface area (Å²) in [6.07, 6.45) is 0.904. The number of anilines is 1. The molecule has 21 heavy (non-hydrogen) atoms. The van der Waals surface area contributed by atoms with Crippen LogP contribution in [0.15, 0.2) is 36.4 Å². The zero-order valence-corrected chi connectivity index (χ0v) is 12.0. The van der Waals surface area contributed by atoms with Gasteiger partial charge in [0.1, 0.15) is 5.82 Å². The molecule has 0 fully saturated rings. The fourth-order valence-corrected chi connectivity index (χ4v) is 2.76. The molecule has 0 unspecified atom stereocenters. The maximum Gasteiger partial charge on any atom is 0.162 e. The number of phenolic OH excluding ortho intramolecular Hbond substituents is 1. The average molecular weight is 287 g/mol. The predicted octanol–water partition coefficient (Wildman–Crippen LogP) is 3.49. The van der Waals surface area contributed by atoms with Gasteiger partial charge in [0.2, 0.25) is 0 Å². The summed E-state index contributed by atoms with van der Waals surface area (Å²) in [5.74, 6) is 0.436. The van der Waals surface area contributed by atoms with E-state index in [0.717, 1.165) is 29.8 Å². The summed E-state index contributed by atoms with van der Waals surface area (Å²) < 4.78 is 18.8. The van der Waals surface area contributed by atoms with Crippen molar-refractivity contribution in [2.45, 2.75) is 19.9 Å². The van der Waals surface area contributed by atoms with E-state index < -0.39 is 0 Å². The van der Waals surface area contributed by atoms with Crippen LogP contribution in [0.5, 0.6) is 11.5 Å². The number of aromatic hydroxyl groups is 1. The van der Waals surface area contributed by atoms with Crippen LogP contribution in [-0.4, -0.2) is 18.3 Å². The number of benzene rings is 2. The van der Waals surface area contributed by atoms with Gasteiger partial charge in [-0.05, 0) is 37.1 Å². The maximum atomic E-state index is 13.4. The molecule has 2 aromatic carbocycles. The third-order valence-corrected chi connectivity index (χ3v) is 3.78. The van der Waals surface area contributed by atoms with Gasteiger partial charge in [-0.15, -0.1) is 0 Å². The van der Waals surface area contributed by atoms with Crippen LogP contribution >= 0.6 is 0 Å². The van der Waals surface area contributed by atoms with Crippen LogP contribution in [0, 0.1) is 5.82 Å². The highest BCUT2D eigenvalue weighted by atomic mass is 19.1. The molecule has 0 spiro atoms. The number of para-hydroxylation sites is 1. The highest BCUT2D eigenvalue weighted by Gasteiger charge is 2.21. The first-order valence-corrected chi connectivity index (χ1v) is 7.16. The van der Waals surface area contributed by atoms with Crippen molar-refractivity contribution in [3.8, 4) is 11.5 Å². The van der Waals surface area contributed by atoms with Gasteiger partial charge >= 0.3 is 0 Å². The van der Waals surface area contributed by atoms with Gasteiger partial charge < -0.3 is 14.7 Å². The molecule has 0 aliphatic carbocycles. The molecule has 0 saturated carbocycles. The quantitative estimate of drug-likeness (QED) is 0.934. The van der Waals surface area contributed by atoms with Crippen LogP contribution in [0.3, 0.4) is 0 Å². The molecule has 0 radical (unpaired) electrons. The average Bonchev–Trinajstić information content (AvgIpc) is 2.86. The molecule has 0 amide bonds. The van der Waals surface area contributed by atoms with Gasteiger partial charge in [-0.25, -0.2) is 4.39 Å². The van der Waals surface area contributed by atoms with Crippen molar-refractivity contribution in [1.82, 2.24) is 0 Å². The molecule has 4 heteroatoms. The van der Waals surface area contributed by atoms with E-state index in [4.69, 9.17) is 4.74 Å². The molecule has 0 saturated heterocycles. The molecule has 2 aromatic rings. The number of fused-ring (bicyclic) bond motifs is 1. The van der Waals surface area contributed by atoms with Crippen LogP contribution in [0.1, 0.15) is 18.1 Å². The van der Waals surface area contributed by atoms with Crippen molar-refractivity contribution >= 4 is 5.69 Å². The van der Waals surface area contributed by atoms with E-state index in [0.29, 0.717) is 18.9 Å². The molecule has 1 heterocycles. The summed E-state index contributed by atoms with van der Waals surface area (Å²) in [6.45, 7) is 3.76. The Balaban J connectivity index is 1.86. The summed E-state index contributed by atoms with van der Waals surface area (Å²) in [6, 6.07) is 10.4. The van der Waals surface area contributed by atoms with Crippen molar-refractivity contribution in [2.75, 3.05) is 18.1 Å². The molecule has 1 aliphatic rings. The SMILES string of the molecule is CCOc1cccc(CN2CCc3ccc(F)cc32)c1O. The lowest BCUT2D eigenvalue weighted by Gasteiger charge is -2.20. The highest BCUT2D eigenvalue weighted by molar-refractivity contribution is 5.59. The van der Waals surface area contributed by atoms with Gasteiger partial charge in [-0.1, -0.05) is 18.2 Å². The minimum atomic E-state index is -0.229. The molecule has 3 nitrogen and oxygen atoms in total. The van der Waals surface area contributed by atoms with Crippen LogP contribution < -0.4 is 9.64 Å². The van der Waals surface area contributed by atoms with Gasteiger partial charge in [-0.3, -0.25) is 0 Å². The second-order valence-electron chi connectivity index (χ2n) is 5.14. The Morgan fingerprint density at radius 3 is 2.95 bits per heavy atom.